The van der Waals surface area contributed by atoms with Crippen molar-refractivity contribution in [3.05, 3.63) is 23.7 Å². The van der Waals surface area contributed by atoms with Gasteiger partial charge in [0.2, 0.25) is 5.91 Å². The lowest BCUT2D eigenvalue weighted by Crippen LogP contribution is -2.27. The van der Waals surface area contributed by atoms with Crippen molar-refractivity contribution in [2.45, 2.75) is 13.3 Å². The third-order valence-corrected chi connectivity index (χ3v) is 4.50. The topological polar surface area (TPSA) is 88.7 Å². The lowest BCUT2D eigenvalue weighted by Gasteiger charge is -2.03. The number of aryl methyl sites for hydroxylation is 1. The molecule has 0 unspecified atom stereocenters. The van der Waals surface area contributed by atoms with Gasteiger partial charge < -0.3 is 4.42 Å². The number of hydrazone groups is 1. The van der Waals surface area contributed by atoms with Crippen LogP contribution in [0.15, 0.2) is 21.7 Å². The van der Waals surface area contributed by atoms with Crippen molar-refractivity contribution < 1.29 is 17.6 Å². The first-order valence-electron chi connectivity index (χ1n) is 5.56. The highest BCUT2D eigenvalue weighted by Gasteiger charge is 2.32. The van der Waals surface area contributed by atoms with E-state index in [0.717, 1.165) is 5.76 Å². The van der Waals surface area contributed by atoms with Crippen molar-refractivity contribution >= 4 is 22.0 Å². The Hall–Kier alpha value is -1.63. The molecule has 0 radical (unpaired) electrons. The van der Waals surface area contributed by atoms with Crippen LogP contribution in [0.3, 0.4) is 0 Å². The zero-order valence-corrected chi connectivity index (χ0v) is 10.7. The highest BCUT2D eigenvalue weighted by molar-refractivity contribution is 7.91. The Morgan fingerprint density at radius 2 is 2.33 bits per heavy atom. The molecule has 98 valence electrons. The van der Waals surface area contributed by atoms with E-state index in [0.29, 0.717) is 12.2 Å². The molecular formula is C11H14N2O4S. The quantitative estimate of drug-likeness (QED) is 0.639. The number of nitrogens with zero attached hydrogens (tertiary/aromatic N) is 1. The van der Waals surface area contributed by atoms with Crippen molar-refractivity contribution in [2.24, 2.45) is 11.0 Å². The van der Waals surface area contributed by atoms with Crippen molar-refractivity contribution in [1.29, 1.82) is 0 Å². The van der Waals surface area contributed by atoms with Crippen LogP contribution in [0.1, 0.15) is 17.9 Å². The molecule has 6 nitrogen and oxygen atoms in total. The Morgan fingerprint density at radius 1 is 1.56 bits per heavy atom. The summed E-state index contributed by atoms with van der Waals surface area (Å²) < 4.78 is 27.6. The van der Waals surface area contributed by atoms with E-state index in [1.54, 1.807) is 19.1 Å². The fourth-order valence-electron chi connectivity index (χ4n) is 1.78. The van der Waals surface area contributed by atoms with Gasteiger partial charge in [-0.15, -0.1) is 0 Å². The fraction of sp³-hybridized carbons (Fsp3) is 0.455. The normalized spacial score (nSPS) is 22.4. The lowest BCUT2D eigenvalue weighted by molar-refractivity contribution is -0.124. The van der Waals surface area contributed by atoms with Crippen LogP contribution in [0, 0.1) is 12.8 Å². The summed E-state index contributed by atoms with van der Waals surface area (Å²) in [6, 6.07) is 3.51. The van der Waals surface area contributed by atoms with E-state index in [1.807, 2.05) is 0 Å². The van der Waals surface area contributed by atoms with Crippen molar-refractivity contribution in [2.75, 3.05) is 11.5 Å². The first-order valence-corrected chi connectivity index (χ1v) is 7.38. The van der Waals surface area contributed by atoms with Crippen LogP contribution in [0.25, 0.3) is 0 Å². The predicted octanol–water partition coefficient (Wildman–Crippen LogP) is 0.473. The van der Waals surface area contributed by atoms with Crippen LogP contribution >= 0.6 is 0 Å². The van der Waals surface area contributed by atoms with Crippen LogP contribution in [0.4, 0.5) is 0 Å². The maximum Gasteiger partial charge on any atom is 0.244 e. The van der Waals surface area contributed by atoms with E-state index in [2.05, 4.69) is 10.5 Å². The van der Waals surface area contributed by atoms with Crippen LogP contribution in [0.5, 0.6) is 0 Å². The number of rotatable bonds is 3. The van der Waals surface area contributed by atoms with Gasteiger partial charge in [0.25, 0.3) is 0 Å². The summed E-state index contributed by atoms with van der Waals surface area (Å²) in [5.41, 5.74) is 2.33. The molecule has 0 saturated carbocycles. The summed E-state index contributed by atoms with van der Waals surface area (Å²) in [6.45, 7) is 1.80. The molecule has 18 heavy (non-hydrogen) atoms. The van der Waals surface area contributed by atoms with E-state index < -0.39 is 15.8 Å². The summed E-state index contributed by atoms with van der Waals surface area (Å²) in [6.07, 6.45) is 1.75. The van der Waals surface area contributed by atoms with Gasteiger partial charge in [-0.05, 0) is 25.5 Å². The number of furan rings is 1. The number of carbonyl (C=O) groups is 1. The Balaban J connectivity index is 1.87. The fourth-order valence-corrected chi connectivity index (χ4v) is 3.52. The minimum absolute atomic E-state index is 0.0756. The maximum absolute atomic E-state index is 11.6. The van der Waals surface area contributed by atoms with Gasteiger partial charge in [-0.25, -0.2) is 13.8 Å². The van der Waals surface area contributed by atoms with Gasteiger partial charge >= 0.3 is 0 Å². The molecule has 0 bridgehead atoms. The van der Waals surface area contributed by atoms with Gasteiger partial charge in [-0.1, -0.05) is 0 Å². The smallest absolute Gasteiger partial charge is 0.244 e. The molecule has 1 aliphatic rings. The second-order valence-corrected chi connectivity index (χ2v) is 6.51. The third-order valence-electron chi connectivity index (χ3n) is 2.73. The molecule has 1 amide bonds. The molecule has 1 aromatic heterocycles. The van der Waals surface area contributed by atoms with Crippen molar-refractivity contribution in [3.8, 4) is 0 Å². The standard InChI is InChI=1S/C11H14N2O4S/c1-8-2-3-10(17-8)6-12-13-11(14)9-4-5-18(15,16)7-9/h2-3,6,9H,4-5,7H2,1H3,(H,13,14)/b12-6-/t9-/m1/s1. The van der Waals surface area contributed by atoms with E-state index in [-0.39, 0.29) is 17.4 Å². The van der Waals surface area contributed by atoms with E-state index in [1.165, 1.54) is 6.21 Å². The Labute approximate surface area is 105 Å². The molecule has 1 saturated heterocycles. The zero-order valence-electron chi connectivity index (χ0n) is 9.92. The van der Waals surface area contributed by atoms with Gasteiger partial charge in [0.15, 0.2) is 9.84 Å². The number of hydrogen-bond acceptors (Lipinski definition) is 5. The summed E-state index contributed by atoms with van der Waals surface area (Å²) in [5.74, 6) is 0.415. The predicted molar refractivity (Wildman–Crippen MR) is 65.9 cm³/mol. The monoisotopic (exact) mass is 270 g/mol. The number of sulfone groups is 1. The van der Waals surface area contributed by atoms with Crippen molar-refractivity contribution in [3.63, 3.8) is 0 Å². The van der Waals surface area contributed by atoms with E-state index >= 15 is 0 Å². The molecule has 1 aromatic rings. The molecule has 1 N–H and O–H groups in total. The average molecular weight is 270 g/mol. The summed E-state index contributed by atoms with van der Waals surface area (Å²) in [7, 11) is -3.05. The molecule has 0 aromatic carbocycles. The molecule has 0 spiro atoms. The van der Waals surface area contributed by atoms with Gasteiger partial charge in [0.05, 0.1) is 23.6 Å². The second kappa shape index (κ2) is 4.93. The van der Waals surface area contributed by atoms with Gasteiger partial charge in [0.1, 0.15) is 11.5 Å². The minimum Gasteiger partial charge on any atom is -0.460 e. The van der Waals surface area contributed by atoms with Gasteiger partial charge in [0, 0.05) is 0 Å². The number of hydrogen-bond donors (Lipinski definition) is 1. The largest absolute Gasteiger partial charge is 0.460 e. The Kier molecular flexibility index (Phi) is 3.51. The summed E-state index contributed by atoms with van der Waals surface area (Å²) >= 11 is 0. The number of carbonyl (C=O) groups excluding carboxylic acids is 1. The Morgan fingerprint density at radius 3 is 2.89 bits per heavy atom. The van der Waals surface area contributed by atoms with E-state index in [9.17, 15) is 13.2 Å². The van der Waals surface area contributed by atoms with E-state index in [4.69, 9.17) is 4.42 Å². The lowest BCUT2D eigenvalue weighted by atomic mass is 10.1. The molecule has 7 heteroatoms. The second-order valence-electron chi connectivity index (χ2n) is 4.28. The Bertz CT molecular complexity index is 574. The molecular weight excluding hydrogens is 256 g/mol. The summed E-state index contributed by atoms with van der Waals surface area (Å²) in [4.78, 5) is 11.6. The molecule has 2 heterocycles. The maximum atomic E-state index is 11.6. The first kappa shape index (κ1) is 12.8. The summed E-state index contributed by atoms with van der Waals surface area (Å²) in [5, 5.41) is 3.73. The van der Waals surface area contributed by atoms with Crippen LogP contribution in [0.2, 0.25) is 0 Å². The highest BCUT2D eigenvalue weighted by atomic mass is 32.2. The molecule has 1 fully saturated rings. The SMILES string of the molecule is Cc1ccc(/C=N\NC(=O)[C@@H]2CCS(=O)(=O)C2)o1. The number of nitrogens with one attached hydrogen (secondary N) is 1. The third kappa shape index (κ3) is 3.19. The molecule has 1 atom stereocenters. The first-order chi connectivity index (χ1) is 8.46. The van der Waals surface area contributed by atoms with Gasteiger partial charge in [-0.2, -0.15) is 5.10 Å². The highest BCUT2D eigenvalue weighted by Crippen LogP contribution is 2.18. The number of amides is 1. The van der Waals surface area contributed by atoms with Crippen LogP contribution in [-0.4, -0.2) is 32.0 Å². The molecule has 2 rings (SSSR count). The van der Waals surface area contributed by atoms with Crippen LogP contribution < -0.4 is 5.43 Å². The molecule has 1 aliphatic heterocycles. The minimum atomic E-state index is -3.05. The van der Waals surface area contributed by atoms with Crippen LogP contribution in [-0.2, 0) is 14.6 Å². The molecule has 0 aliphatic carbocycles. The van der Waals surface area contributed by atoms with Gasteiger partial charge in [-0.3, -0.25) is 4.79 Å². The van der Waals surface area contributed by atoms with Crippen molar-refractivity contribution in [1.82, 2.24) is 5.43 Å². The average Bonchev–Trinajstić information content (AvgIpc) is 2.85. The zero-order chi connectivity index (χ0) is 13.2.